The van der Waals surface area contributed by atoms with Crippen LogP contribution in [-0.2, 0) is 16.4 Å². The van der Waals surface area contributed by atoms with Crippen LogP contribution in [0.25, 0.3) is 22.4 Å². The van der Waals surface area contributed by atoms with Crippen molar-refractivity contribution in [3.8, 4) is 11.3 Å². The standard InChI is InChI=1S/C24H30FN3O5S/c1-4-16-14-19-20(23(30)26-3)21(17-9-11-18(25)12-10-17)33-24(19)27-22(16)28-34(31,32)13-7-5-6-8-15(2)29/h9-12,14-15,29H,4-8,13H2,1-3H3,(H,26,30)(H,27,28). The van der Waals surface area contributed by atoms with Crippen LogP contribution in [0.3, 0.4) is 0 Å². The number of amides is 1. The molecule has 2 aromatic heterocycles. The summed E-state index contributed by atoms with van der Waals surface area (Å²) in [7, 11) is -2.16. The molecule has 2 heterocycles. The molecule has 1 aromatic carbocycles. The summed E-state index contributed by atoms with van der Waals surface area (Å²) in [6.07, 6.45) is 2.60. The number of nitrogens with zero attached hydrogens (tertiary/aromatic N) is 1. The zero-order chi connectivity index (χ0) is 24.9. The quantitative estimate of drug-likeness (QED) is 0.345. The molecule has 1 amide bonds. The second-order valence-electron chi connectivity index (χ2n) is 8.21. The van der Waals surface area contributed by atoms with E-state index in [9.17, 15) is 22.7 Å². The van der Waals surface area contributed by atoms with Crippen LogP contribution in [-0.4, -0.2) is 43.3 Å². The van der Waals surface area contributed by atoms with Gasteiger partial charge in [-0.2, -0.15) is 4.98 Å². The van der Waals surface area contributed by atoms with Crippen LogP contribution in [0.4, 0.5) is 10.2 Å². The molecular formula is C24H30FN3O5S. The normalized spacial score (nSPS) is 12.6. The third-order valence-electron chi connectivity index (χ3n) is 5.49. The van der Waals surface area contributed by atoms with Gasteiger partial charge in [-0.3, -0.25) is 9.52 Å². The molecule has 3 N–H and O–H groups in total. The lowest BCUT2D eigenvalue weighted by Crippen LogP contribution is -2.19. The highest BCUT2D eigenvalue weighted by molar-refractivity contribution is 7.92. The second kappa shape index (κ2) is 11.0. The zero-order valence-electron chi connectivity index (χ0n) is 19.5. The maximum atomic E-state index is 13.4. The van der Waals surface area contributed by atoms with E-state index < -0.39 is 27.9 Å². The van der Waals surface area contributed by atoms with E-state index in [2.05, 4.69) is 15.0 Å². The Morgan fingerprint density at radius 1 is 1.21 bits per heavy atom. The van der Waals surface area contributed by atoms with Gasteiger partial charge in [0.25, 0.3) is 5.91 Å². The van der Waals surface area contributed by atoms with E-state index in [0.717, 1.165) is 6.42 Å². The van der Waals surface area contributed by atoms with Crippen LogP contribution in [0.5, 0.6) is 0 Å². The minimum absolute atomic E-state index is 0.0713. The van der Waals surface area contributed by atoms with E-state index in [0.29, 0.717) is 42.2 Å². The van der Waals surface area contributed by atoms with Crippen molar-refractivity contribution in [3.05, 3.63) is 47.3 Å². The van der Waals surface area contributed by atoms with Crippen molar-refractivity contribution < 1.29 is 27.1 Å². The number of halogens is 1. The fourth-order valence-electron chi connectivity index (χ4n) is 3.68. The van der Waals surface area contributed by atoms with Crippen molar-refractivity contribution in [2.24, 2.45) is 0 Å². The summed E-state index contributed by atoms with van der Waals surface area (Å²) < 4.78 is 47.1. The van der Waals surface area contributed by atoms with Gasteiger partial charge in [0.15, 0.2) is 0 Å². The van der Waals surface area contributed by atoms with Gasteiger partial charge in [-0.1, -0.05) is 19.8 Å². The Morgan fingerprint density at radius 2 is 1.91 bits per heavy atom. The van der Waals surface area contributed by atoms with Gasteiger partial charge < -0.3 is 14.8 Å². The summed E-state index contributed by atoms with van der Waals surface area (Å²) in [6, 6.07) is 7.23. The molecule has 10 heteroatoms. The Balaban J connectivity index is 1.95. The molecule has 3 rings (SSSR count). The summed E-state index contributed by atoms with van der Waals surface area (Å²) in [6.45, 7) is 3.56. The lowest BCUT2D eigenvalue weighted by atomic mass is 10.0. The Hall–Kier alpha value is -2.98. The van der Waals surface area contributed by atoms with Crippen molar-refractivity contribution >= 4 is 32.8 Å². The number of rotatable bonds is 11. The van der Waals surface area contributed by atoms with Gasteiger partial charge in [-0.25, -0.2) is 12.8 Å². The van der Waals surface area contributed by atoms with E-state index in [1.165, 1.54) is 31.3 Å². The first kappa shape index (κ1) is 25.6. The van der Waals surface area contributed by atoms with Crippen LogP contribution < -0.4 is 10.0 Å². The topological polar surface area (TPSA) is 122 Å². The number of aryl methyl sites for hydroxylation is 1. The van der Waals surface area contributed by atoms with Crippen LogP contribution in [0.2, 0.25) is 0 Å². The van der Waals surface area contributed by atoms with Crippen LogP contribution >= 0.6 is 0 Å². The number of aromatic nitrogens is 1. The molecular weight excluding hydrogens is 461 g/mol. The number of hydrogen-bond donors (Lipinski definition) is 3. The molecule has 184 valence electrons. The Kier molecular flexibility index (Phi) is 8.27. The Labute approximate surface area is 198 Å². The van der Waals surface area contributed by atoms with E-state index in [-0.39, 0.29) is 28.6 Å². The number of nitrogens with one attached hydrogen (secondary N) is 2. The van der Waals surface area contributed by atoms with Crippen molar-refractivity contribution in [2.75, 3.05) is 17.5 Å². The van der Waals surface area contributed by atoms with Crippen molar-refractivity contribution in [3.63, 3.8) is 0 Å². The number of hydrogen-bond acceptors (Lipinski definition) is 6. The summed E-state index contributed by atoms with van der Waals surface area (Å²) in [5, 5.41) is 12.3. The molecule has 0 saturated carbocycles. The third-order valence-corrected chi connectivity index (χ3v) is 6.82. The summed E-state index contributed by atoms with van der Waals surface area (Å²) in [5.41, 5.74) is 1.46. The van der Waals surface area contributed by atoms with E-state index in [1.54, 1.807) is 13.0 Å². The lowest BCUT2D eigenvalue weighted by molar-refractivity contribution is 0.0964. The number of furan rings is 1. The van der Waals surface area contributed by atoms with E-state index in [4.69, 9.17) is 4.42 Å². The molecule has 8 nitrogen and oxygen atoms in total. The van der Waals surface area contributed by atoms with Gasteiger partial charge in [0.05, 0.1) is 22.8 Å². The first-order valence-corrected chi connectivity index (χ1v) is 12.9. The minimum Gasteiger partial charge on any atom is -0.437 e. The van der Waals surface area contributed by atoms with Gasteiger partial charge in [0.1, 0.15) is 17.4 Å². The highest BCUT2D eigenvalue weighted by Crippen LogP contribution is 2.35. The monoisotopic (exact) mass is 491 g/mol. The fourth-order valence-corrected chi connectivity index (χ4v) is 4.84. The maximum absolute atomic E-state index is 13.4. The van der Waals surface area contributed by atoms with Crippen molar-refractivity contribution in [1.82, 2.24) is 10.3 Å². The third kappa shape index (κ3) is 6.12. The Bertz CT molecular complexity index is 1250. The average Bonchev–Trinajstić information content (AvgIpc) is 3.15. The molecule has 3 aromatic rings. The summed E-state index contributed by atoms with van der Waals surface area (Å²) >= 11 is 0. The fraction of sp³-hybridized carbons (Fsp3) is 0.417. The number of aliphatic hydroxyl groups is 1. The summed E-state index contributed by atoms with van der Waals surface area (Å²) in [5.74, 6) is -0.510. The molecule has 0 spiro atoms. The largest absolute Gasteiger partial charge is 0.437 e. The molecule has 1 unspecified atom stereocenters. The second-order valence-corrected chi connectivity index (χ2v) is 10.1. The molecule has 0 saturated heterocycles. The lowest BCUT2D eigenvalue weighted by Gasteiger charge is -2.11. The number of benzene rings is 1. The number of unbranched alkanes of at least 4 members (excludes halogenated alkanes) is 2. The van der Waals surface area contributed by atoms with Crippen molar-refractivity contribution in [2.45, 2.75) is 52.1 Å². The molecule has 0 bridgehead atoms. The van der Waals surface area contributed by atoms with E-state index in [1.807, 2.05) is 6.92 Å². The highest BCUT2D eigenvalue weighted by Gasteiger charge is 2.25. The van der Waals surface area contributed by atoms with Crippen LogP contribution in [0, 0.1) is 5.82 Å². The predicted octanol–water partition coefficient (Wildman–Crippen LogP) is 4.24. The summed E-state index contributed by atoms with van der Waals surface area (Å²) in [4.78, 5) is 17.1. The average molecular weight is 492 g/mol. The number of fused-ring (bicyclic) bond motifs is 1. The SMILES string of the molecule is CCc1cc2c(C(=O)NC)c(-c3ccc(F)cc3)oc2nc1NS(=O)(=O)CCCCCC(C)O. The molecule has 0 aliphatic carbocycles. The van der Waals surface area contributed by atoms with Crippen molar-refractivity contribution in [1.29, 1.82) is 0 Å². The van der Waals surface area contributed by atoms with E-state index >= 15 is 0 Å². The molecule has 0 aliphatic rings. The highest BCUT2D eigenvalue weighted by atomic mass is 32.2. The van der Waals surface area contributed by atoms with Gasteiger partial charge in [-0.15, -0.1) is 0 Å². The van der Waals surface area contributed by atoms with Gasteiger partial charge in [0, 0.05) is 12.6 Å². The number of sulfonamides is 1. The number of aliphatic hydroxyl groups excluding tert-OH is 1. The molecule has 0 fully saturated rings. The molecule has 1 atom stereocenters. The smallest absolute Gasteiger partial charge is 0.255 e. The number of anilines is 1. The Morgan fingerprint density at radius 3 is 2.53 bits per heavy atom. The zero-order valence-corrected chi connectivity index (χ0v) is 20.3. The van der Waals surface area contributed by atoms with Crippen LogP contribution in [0.1, 0.15) is 55.5 Å². The first-order valence-electron chi connectivity index (χ1n) is 11.3. The predicted molar refractivity (Wildman–Crippen MR) is 130 cm³/mol. The van der Waals surface area contributed by atoms with Gasteiger partial charge in [-0.05, 0) is 62.1 Å². The molecule has 0 radical (unpaired) electrons. The number of carbonyl (C=O) groups excluding carboxylic acids is 1. The number of carbonyl (C=O) groups is 1. The number of pyridine rings is 1. The maximum Gasteiger partial charge on any atom is 0.255 e. The van der Waals surface area contributed by atoms with Gasteiger partial charge in [0.2, 0.25) is 15.7 Å². The van der Waals surface area contributed by atoms with Gasteiger partial charge >= 0.3 is 0 Å². The van der Waals surface area contributed by atoms with Crippen LogP contribution in [0.15, 0.2) is 34.7 Å². The first-order chi connectivity index (χ1) is 16.1. The minimum atomic E-state index is -3.66. The molecule has 0 aliphatic heterocycles. The molecule has 34 heavy (non-hydrogen) atoms.